The van der Waals surface area contributed by atoms with Gasteiger partial charge in [-0.3, -0.25) is 0 Å². The van der Waals surface area contributed by atoms with Crippen LogP contribution >= 0.6 is 11.3 Å². The van der Waals surface area contributed by atoms with Crippen molar-refractivity contribution in [2.45, 2.75) is 71.6 Å². The molecule has 2 unspecified atom stereocenters. The van der Waals surface area contributed by atoms with Gasteiger partial charge in [-0.05, 0) is 87.2 Å². The minimum atomic E-state index is 0.528. The zero-order valence-corrected chi connectivity index (χ0v) is 21.9. The Morgan fingerprint density at radius 2 is 2.12 bits per heavy atom. The quantitative estimate of drug-likeness (QED) is 0.387. The summed E-state index contributed by atoms with van der Waals surface area (Å²) in [5.41, 5.74) is 7.11. The Bertz CT molecular complexity index is 1140. The SMILES string of the molecule is CCC#Cc1cc(-c2ncc(C3CC=CC4=C3CCC4CCN3CCC3)s2)ccc1CC(C)C. The second-order valence-corrected chi connectivity index (χ2v) is 11.6. The molecule has 1 saturated heterocycles. The van der Waals surface area contributed by atoms with Crippen LogP contribution in [-0.4, -0.2) is 29.5 Å². The third-order valence-corrected chi connectivity index (χ3v) is 8.82. The van der Waals surface area contributed by atoms with Crippen LogP contribution in [0.1, 0.15) is 81.2 Å². The highest BCUT2D eigenvalue weighted by Gasteiger charge is 2.32. The second kappa shape index (κ2) is 10.6. The minimum absolute atomic E-state index is 0.528. The maximum absolute atomic E-state index is 4.90. The van der Waals surface area contributed by atoms with Crippen molar-refractivity contribution in [2.75, 3.05) is 19.6 Å². The molecule has 0 saturated carbocycles. The number of hydrogen-bond donors (Lipinski definition) is 0. The summed E-state index contributed by atoms with van der Waals surface area (Å²) < 4.78 is 0. The van der Waals surface area contributed by atoms with Gasteiger partial charge in [0.15, 0.2) is 0 Å². The Hall–Kier alpha value is -2.15. The maximum atomic E-state index is 4.90. The highest BCUT2D eigenvalue weighted by molar-refractivity contribution is 7.15. The van der Waals surface area contributed by atoms with Crippen LogP contribution in [-0.2, 0) is 6.42 Å². The Balaban J connectivity index is 1.36. The third kappa shape index (κ3) is 5.09. The van der Waals surface area contributed by atoms with Gasteiger partial charge in [0.25, 0.3) is 0 Å². The lowest BCUT2D eigenvalue weighted by atomic mass is 9.85. The summed E-state index contributed by atoms with van der Waals surface area (Å²) in [6, 6.07) is 6.81. The van der Waals surface area contributed by atoms with E-state index in [4.69, 9.17) is 4.98 Å². The maximum Gasteiger partial charge on any atom is 0.123 e. The molecule has 3 heteroatoms. The largest absolute Gasteiger partial charge is 0.303 e. The van der Waals surface area contributed by atoms with Crippen molar-refractivity contribution in [1.29, 1.82) is 0 Å². The van der Waals surface area contributed by atoms with Gasteiger partial charge in [0.05, 0.1) is 0 Å². The van der Waals surface area contributed by atoms with Crippen molar-refractivity contribution < 1.29 is 0 Å². The van der Waals surface area contributed by atoms with E-state index in [1.54, 1.807) is 11.1 Å². The van der Waals surface area contributed by atoms with Crippen molar-refractivity contribution in [2.24, 2.45) is 11.8 Å². The molecule has 3 aliphatic rings. The number of hydrogen-bond acceptors (Lipinski definition) is 3. The number of likely N-dealkylation sites (tertiary alicyclic amines) is 1. The Morgan fingerprint density at radius 1 is 1.24 bits per heavy atom. The van der Waals surface area contributed by atoms with E-state index in [1.165, 1.54) is 66.9 Å². The minimum Gasteiger partial charge on any atom is -0.303 e. The van der Waals surface area contributed by atoms with Gasteiger partial charge in [0.1, 0.15) is 5.01 Å². The van der Waals surface area contributed by atoms with E-state index in [2.05, 4.69) is 74.1 Å². The van der Waals surface area contributed by atoms with Gasteiger partial charge in [0, 0.05) is 34.5 Å². The number of rotatable bonds is 7. The smallest absolute Gasteiger partial charge is 0.123 e. The average Bonchev–Trinajstić information content (AvgIpc) is 3.45. The van der Waals surface area contributed by atoms with Crippen LogP contribution in [0.25, 0.3) is 10.6 Å². The molecule has 0 radical (unpaired) electrons. The highest BCUT2D eigenvalue weighted by Crippen LogP contribution is 2.48. The molecule has 0 spiro atoms. The van der Waals surface area contributed by atoms with Crippen LogP contribution in [0, 0.1) is 23.7 Å². The molecule has 34 heavy (non-hydrogen) atoms. The molecule has 178 valence electrons. The lowest BCUT2D eigenvalue weighted by Crippen LogP contribution is -2.38. The van der Waals surface area contributed by atoms with Crippen molar-refractivity contribution >= 4 is 11.3 Å². The van der Waals surface area contributed by atoms with Crippen LogP contribution in [0.4, 0.5) is 0 Å². The molecule has 1 aromatic carbocycles. The zero-order valence-electron chi connectivity index (χ0n) is 21.1. The molecule has 1 aromatic heterocycles. The van der Waals surface area contributed by atoms with Gasteiger partial charge < -0.3 is 4.90 Å². The standard InChI is InChI=1S/C31H38N2S/c1-4-5-8-24-20-26(12-11-25(24)19-22(2)3)31-32-21-30(34-31)29-10-6-9-27-23(13-14-28(27)29)15-18-33-16-7-17-33/h6,9,11-12,20-23,29H,4,7,10,13-19H2,1-3H3. The van der Waals surface area contributed by atoms with Crippen LogP contribution in [0.2, 0.25) is 0 Å². The fourth-order valence-corrected chi connectivity index (χ4v) is 6.78. The first-order valence-electron chi connectivity index (χ1n) is 13.3. The topological polar surface area (TPSA) is 16.1 Å². The molecule has 2 aromatic rings. The molecular weight excluding hydrogens is 432 g/mol. The molecule has 5 rings (SSSR count). The van der Waals surface area contributed by atoms with E-state index in [1.807, 2.05) is 11.3 Å². The Kier molecular flexibility index (Phi) is 7.37. The van der Waals surface area contributed by atoms with Crippen LogP contribution in [0.15, 0.2) is 47.7 Å². The van der Waals surface area contributed by atoms with Gasteiger partial charge in [0.2, 0.25) is 0 Å². The summed E-state index contributed by atoms with van der Waals surface area (Å²) in [5.74, 6) is 8.62. The number of allylic oxidation sites excluding steroid dienone is 4. The summed E-state index contributed by atoms with van der Waals surface area (Å²) in [4.78, 5) is 8.95. The summed E-state index contributed by atoms with van der Waals surface area (Å²) in [6.07, 6.45) is 15.4. The molecule has 2 aliphatic carbocycles. The summed E-state index contributed by atoms with van der Waals surface area (Å²) in [6.45, 7) is 10.6. The van der Waals surface area contributed by atoms with Crippen LogP contribution in [0.5, 0.6) is 0 Å². The molecule has 2 nitrogen and oxygen atoms in total. The summed E-state index contributed by atoms with van der Waals surface area (Å²) in [7, 11) is 0. The molecular formula is C31H38N2S. The molecule has 2 heterocycles. The van der Waals surface area contributed by atoms with E-state index in [0.29, 0.717) is 11.8 Å². The van der Waals surface area contributed by atoms with Crippen molar-refractivity contribution in [3.05, 3.63) is 63.7 Å². The first kappa shape index (κ1) is 23.6. The number of benzene rings is 1. The second-order valence-electron chi connectivity index (χ2n) is 10.6. The fraction of sp³-hybridized carbons (Fsp3) is 0.516. The van der Waals surface area contributed by atoms with E-state index >= 15 is 0 Å². The summed E-state index contributed by atoms with van der Waals surface area (Å²) in [5, 5.41) is 1.13. The van der Waals surface area contributed by atoms with Gasteiger partial charge in [-0.15, -0.1) is 11.3 Å². The Labute approximate surface area is 210 Å². The van der Waals surface area contributed by atoms with Crippen molar-refractivity contribution in [3.8, 4) is 22.4 Å². The van der Waals surface area contributed by atoms with Gasteiger partial charge >= 0.3 is 0 Å². The lowest BCUT2D eigenvalue weighted by Gasteiger charge is -2.32. The highest BCUT2D eigenvalue weighted by atomic mass is 32.1. The van der Waals surface area contributed by atoms with E-state index in [0.717, 1.165) is 30.2 Å². The Morgan fingerprint density at radius 3 is 2.88 bits per heavy atom. The number of aromatic nitrogens is 1. The van der Waals surface area contributed by atoms with Crippen molar-refractivity contribution in [3.63, 3.8) is 0 Å². The first-order chi connectivity index (χ1) is 16.6. The van der Waals surface area contributed by atoms with E-state index in [-0.39, 0.29) is 0 Å². The first-order valence-corrected chi connectivity index (χ1v) is 14.1. The number of nitrogens with zero attached hydrogens (tertiary/aromatic N) is 2. The van der Waals surface area contributed by atoms with Gasteiger partial charge in [-0.1, -0.05) is 62.5 Å². The number of thiazole rings is 1. The zero-order chi connectivity index (χ0) is 23.5. The predicted octanol–water partition coefficient (Wildman–Crippen LogP) is 7.62. The molecule has 1 fully saturated rings. The van der Waals surface area contributed by atoms with Crippen LogP contribution < -0.4 is 0 Å². The monoisotopic (exact) mass is 470 g/mol. The van der Waals surface area contributed by atoms with Gasteiger partial charge in [-0.25, -0.2) is 4.98 Å². The normalized spacial score (nSPS) is 22.0. The molecule has 2 atom stereocenters. The predicted molar refractivity (Wildman–Crippen MR) is 145 cm³/mol. The van der Waals surface area contributed by atoms with E-state index < -0.39 is 0 Å². The molecule has 0 bridgehead atoms. The van der Waals surface area contributed by atoms with Gasteiger partial charge in [-0.2, -0.15) is 0 Å². The van der Waals surface area contributed by atoms with E-state index in [9.17, 15) is 0 Å². The lowest BCUT2D eigenvalue weighted by molar-refractivity contribution is 0.172. The average molecular weight is 471 g/mol. The molecule has 0 N–H and O–H groups in total. The fourth-order valence-electron chi connectivity index (χ4n) is 5.72. The summed E-state index contributed by atoms with van der Waals surface area (Å²) >= 11 is 1.89. The third-order valence-electron chi connectivity index (χ3n) is 7.66. The van der Waals surface area contributed by atoms with Crippen LogP contribution in [0.3, 0.4) is 0 Å². The van der Waals surface area contributed by atoms with Crippen molar-refractivity contribution in [1.82, 2.24) is 9.88 Å². The molecule has 1 aliphatic heterocycles. The molecule has 0 amide bonds.